The van der Waals surface area contributed by atoms with E-state index in [2.05, 4.69) is 28.4 Å². The van der Waals surface area contributed by atoms with Crippen LogP contribution in [0.25, 0.3) is 0 Å². The number of aliphatic hydroxyl groups excluding tert-OH is 1. The van der Waals surface area contributed by atoms with Crippen LogP contribution in [-0.2, 0) is 0 Å². The highest BCUT2D eigenvalue weighted by molar-refractivity contribution is 5.49. The number of nitrogens with zero attached hydrogens (tertiary/aromatic N) is 1. The highest BCUT2D eigenvalue weighted by Gasteiger charge is 2.30. The predicted molar refractivity (Wildman–Crippen MR) is 73.8 cm³/mol. The van der Waals surface area contributed by atoms with Crippen LogP contribution in [0.2, 0.25) is 0 Å². The van der Waals surface area contributed by atoms with Gasteiger partial charge in [0.1, 0.15) is 0 Å². The smallest absolute Gasteiger partial charge is 0.0762 e. The lowest BCUT2D eigenvalue weighted by molar-refractivity contribution is 0.199. The maximum atomic E-state index is 9.68. The number of hydrogen-bond acceptors (Lipinski definition) is 3. The van der Waals surface area contributed by atoms with Gasteiger partial charge in [-0.3, -0.25) is 0 Å². The molecule has 1 aromatic carbocycles. The summed E-state index contributed by atoms with van der Waals surface area (Å²) in [5.74, 6) is 1.57. The highest BCUT2D eigenvalue weighted by atomic mass is 16.3. The fraction of sp³-hybridized carbons (Fsp3) is 0.600. The van der Waals surface area contributed by atoms with E-state index in [-0.39, 0.29) is 6.10 Å². The minimum absolute atomic E-state index is 0.379. The van der Waals surface area contributed by atoms with E-state index in [1.165, 1.54) is 12.1 Å². The molecule has 3 atom stereocenters. The molecule has 3 nitrogen and oxygen atoms in total. The summed E-state index contributed by atoms with van der Waals surface area (Å²) in [6.45, 7) is 6.43. The molecular weight excluding hydrogens is 224 g/mol. The maximum absolute atomic E-state index is 9.68. The molecule has 0 amide bonds. The Morgan fingerprint density at radius 2 is 2.00 bits per heavy atom. The molecule has 2 fully saturated rings. The van der Waals surface area contributed by atoms with Gasteiger partial charge in [0, 0.05) is 18.8 Å². The standard InChI is InChI=1S/C15H22N2O/c1-11(18)14-3-2-4-15(6-14)17-9-12-5-13(10-17)8-16-7-12/h2-4,6,11-13,16,18H,5,7-10H2,1H3. The molecule has 98 valence electrons. The molecule has 2 heterocycles. The van der Waals surface area contributed by atoms with Gasteiger partial charge >= 0.3 is 0 Å². The first-order valence-corrected chi connectivity index (χ1v) is 6.96. The van der Waals surface area contributed by atoms with Crippen LogP contribution in [0.4, 0.5) is 5.69 Å². The minimum Gasteiger partial charge on any atom is -0.389 e. The van der Waals surface area contributed by atoms with Crippen LogP contribution in [0.1, 0.15) is 25.0 Å². The van der Waals surface area contributed by atoms with Gasteiger partial charge in [-0.2, -0.15) is 0 Å². The van der Waals surface area contributed by atoms with E-state index >= 15 is 0 Å². The Labute approximate surface area is 109 Å². The summed E-state index contributed by atoms with van der Waals surface area (Å²) in [6.07, 6.45) is 0.996. The van der Waals surface area contributed by atoms with Crippen molar-refractivity contribution in [3.63, 3.8) is 0 Å². The molecule has 3 heteroatoms. The fourth-order valence-electron chi connectivity index (χ4n) is 3.30. The van der Waals surface area contributed by atoms with Crippen LogP contribution in [0.5, 0.6) is 0 Å². The van der Waals surface area contributed by atoms with Gasteiger partial charge < -0.3 is 15.3 Å². The van der Waals surface area contributed by atoms with Crippen molar-refractivity contribution in [2.24, 2.45) is 11.8 Å². The first-order valence-electron chi connectivity index (χ1n) is 6.96. The van der Waals surface area contributed by atoms with Gasteiger partial charge in [0.25, 0.3) is 0 Å². The molecule has 3 rings (SSSR count). The molecular formula is C15H22N2O. The van der Waals surface area contributed by atoms with Crippen molar-refractivity contribution < 1.29 is 5.11 Å². The van der Waals surface area contributed by atoms with Crippen LogP contribution >= 0.6 is 0 Å². The fourth-order valence-corrected chi connectivity index (χ4v) is 3.30. The SMILES string of the molecule is CC(O)c1cccc(N2CC3CNCC(C3)C2)c1. The summed E-state index contributed by atoms with van der Waals surface area (Å²) in [6, 6.07) is 8.36. The quantitative estimate of drug-likeness (QED) is 0.835. The predicted octanol–water partition coefficient (Wildman–Crippen LogP) is 1.79. The second-order valence-corrected chi connectivity index (χ2v) is 5.80. The number of benzene rings is 1. The molecule has 0 spiro atoms. The second kappa shape index (κ2) is 4.90. The van der Waals surface area contributed by atoms with Crippen molar-refractivity contribution in [3.05, 3.63) is 29.8 Å². The van der Waals surface area contributed by atoms with E-state index in [9.17, 15) is 5.11 Å². The van der Waals surface area contributed by atoms with Gasteiger partial charge in [-0.15, -0.1) is 0 Å². The molecule has 1 aromatic rings. The Morgan fingerprint density at radius 3 is 2.67 bits per heavy atom. The van der Waals surface area contributed by atoms with Crippen LogP contribution in [0.15, 0.2) is 24.3 Å². The van der Waals surface area contributed by atoms with Crippen molar-refractivity contribution in [1.29, 1.82) is 0 Å². The topological polar surface area (TPSA) is 35.5 Å². The van der Waals surface area contributed by atoms with Crippen molar-refractivity contribution >= 4 is 5.69 Å². The normalized spacial score (nSPS) is 29.1. The molecule has 0 aromatic heterocycles. The summed E-state index contributed by atoms with van der Waals surface area (Å²) >= 11 is 0. The Morgan fingerprint density at radius 1 is 1.28 bits per heavy atom. The zero-order valence-corrected chi connectivity index (χ0v) is 11.0. The molecule has 18 heavy (non-hydrogen) atoms. The third-order valence-electron chi connectivity index (χ3n) is 4.21. The van der Waals surface area contributed by atoms with E-state index in [0.717, 1.165) is 43.6 Å². The number of nitrogens with one attached hydrogen (secondary N) is 1. The molecule has 0 radical (unpaired) electrons. The van der Waals surface area contributed by atoms with Gasteiger partial charge in [-0.05, 0) is 56.0 Å². The first-order chi connectivity index (χ1) is 8.72. The molecule has 2 N–H and O–H groups in total. The van der Waals surface area contributed by atoms with Crippen LogP contribution in [0, 0.1) is 11.8 Å². The Kier molecular flexibility index (Phi) is 3.27. The average Bonchev–Trinajstić information content (AvgIpc) is 2.38. The third-order valence-corrected chi connectivity index (χ3v) is 4.21. The highest BCUT2D eigenvalue weighted by Crippen LogP contribution is 2.29. The van der Waals surface area contributed by atoms with Crippen LogP contribution in [0.3, 0.4) is 0 Å². The van der Waals surface area contributed by atoms with Gasteiger partial charge in [0.2, 0.25) is 0 Å². The van der Waals surface area contributed by atoms with Crippen molar-refractivity contribution in [1.82, 2.24) is 5.32 Å². The molecule has 2 aliphatic heterocycles. The lowest BCUT2D eigenvalue weighted by atomic mass is 9.85. The molecule has 2 bridgehead atoms. The molecule has 0 aliphatic carbocycles. The monoisotopic (exact) mass is 246 g/mol. The number of fused-ring (bicyclic) bond motifs is 2. The number of anilines is 1. The van der Waals surface area contributed by atoms with E-state index in [4.69, 9.17) is 0 Å². The maximum Gasteiger partial charge on any atom is 0.0762 e. The van der Waals surface area contributed by atoms with Gasteiger partial charge in [-0.1, -0.05) is 12.1 Å². The zero-order valence-electron chi connectivity index (χ0n) is 11.0. The lowest BCUT2D eigenvalue weighted by Gasteiger charge is -2.43. The molecule has 2 saturated heterocycles. The summed E-state index contributed by atoms with van der Waals surface area (Å²) < 4.78 is 0. The number of aliphatic hydroxyl groups is 1. The second-order valence-electron chi connectivity index (χ2n) is 5.80. The Hall–Kier alpha value is -1.06. The lowest BCUT2D eigenvalue weighted by Crippen LogP contribution is -2.51. The van der Waals surface area contributed by atoms with Crippen molar-refractivity contribution in [3.8, 4) is 0 Å². The van der Waals surface area contributed by atoms with Crippen molar-refractivity contribution in [2.75, 3.05) is 31.1 Å². The molecule has 2 aliphatic rings. The number of piperidine rings is 2. The van der Waals surface area contributed by atoms with E-state index in [1.54, 1.807) is 0 Å². The largest absolute Gasteiger partial charge is 0.389 e. The third kappa shape index (κ3) is 2.38. The number of hydrogen-bond donors (Lipinski definition) is 2. The summed E-state index contributed by atoms with van der Waals surface area (Å²) in [7, 11) is 0. The Balaban J connectivity index is 1.80. The average molecular weight is 246 g/mol. The summed E-state index contributed by atoms with van der Waals surface area (Å²) in [5, 5.41) is 13.2. The Bertz CT molecular complexity index is 407. The number of rotatable bonds is 2. The summed E-state index contributed by atoms with van der Waals surface area (Å²) in [4.78, 5) is 2.49. The van der Waals surface area contributed by atoms with Crippen LogP contribution in [-0.4, -0.2) is 31.3 Å². The van der Waals surface area contributed by atoms with Crippen molar-refractivity contribution in [2.45, 2.75) is 19.4 Å². The van der Waals surface area contributed by atoms with Crippen LogP contribution < -0.4 is 10.2 Å². The van der Waals surface area contributed by atoms with Gasteiger partial charge in [-0.25, -0.2) is 0 Å². The molecule has 3 unspecified atom stereocenters. The zero-order chi connectivity index (χ0) is 12.5. The minimum atomic E-state index is -0.379. The van der Waals surface area contributed by atoms with E-state index in [0.29, 0.717) is 0 Å². The van der Waals surface area contributed by atoms with Gasteiger partial charge in [0.05, 0.1) is 6.10 Å². The van der Waals surface area contributed by atoms with E-state index in [1.807, 2.05) is 13.0 Å². The van der Waals surface area contributed by atoms with E-state index < -0.39 is 0 Å². The molecule has 0 saturated carbocycles. The first kappa shape index (κ1) is 12.0. The summed E-state index contributed by atoms with van der Waals surface area (Å²) in [5.41, 5.74) is 2.28. The van der Waals surface area contributed by atoms with Gasteiger partial charge in [0.15, 0.2) is 0 Å².